The van der Waals surface area contributed by atoms with Gasteiger partial charge in [0, 0.05) is 70.9 Å². The summed E-state index contributed by atoms with van der Waals surface area (Å²) < 4.78 is 9.84. The van der Waals surface area contributed by atoms with Gasteiger partial charge >= 0.3 is 0 Å². The summed E-state index contributed by atoms with van der Waals surface area (Å²) in [6.07, 6.45) is 0. The van der Waals surface area contributed by atoms with Crippen molar-refractivity contribution < 1.29 is 0 Å². The Morgan fingerprint density at radius 1 is 0.192 bits per heavy atom. The molecule has 0 fully saturated rings. The van der Waals surface area contributed by atoms with Crippen molar-refractivity contribution in [2.75, 3.05) is 0 Å². The number of hydrogen-bond acceptors (Lipinski definition) is 0. The molecule has 78 heavy (non-hydrogen) atoms. The van der Waals surface area contributed by atoms with Crippen LogP contribution < -0.4 is 0 Å². The lowest BCUT2D eigenvalue weighted by Gasteiger charge is -2.11. The second-order valence-corrected chi connectivity index (χ2v) is 21.3. The van der Waals surface area contributed by atoms with Crippen LogP contribution in [0.5, 0.6) is 0 Å². The number of rotatable bonds is 5. The van der Waals surface area contributed by atoms with Crippen LogP contribution in [0.2, 0.25) is 0 Å². The van der Waals surface area contributed by atoms with Gasteiger partial charge in [-0.05, 0) is 153 Å². The average Bonchev–Trinajstić information content (AvgIpc) is 4.47. The standard InChI is InChI=1S/C74H44N4/c1-2-14-53(15-3-1)77-68-25-13-8-20-60(68)72-71(77)44-62-61-40-49-28-26-47(45-30-34-54(35-31-45)75-64-21-9-4-16-56(64)57-17-5-10-22-65(57)75)38-51(49)42-69(61)78-70-43-52-39-48(27-29-50(52)41-63(70)73(72)74(62)78)46-32-36-55(37-33-46)76-66-23-11-6-18-58(66)59-19-7-12-24-67(59)76/h1-44H. The predicted molar refractivity (Wildman–Crippen MR) is 330 cm³/mol. The van der Waals surface area contributed by atoms with E-state index < -0.39 is 0 Å². The molecule has 0 bridgehead atoms. The molecule has 0 amide bonds. The van der Waals surface area contributed by atoms with Gasteiger partial charge in [0.1, 0.15) is 0 Å². The highest BCUT2D eigenvalue weighted by molar-refractivity contribution is 6.37. The van der Waals surface area contributed by atoms with E-state index in [9.17, 15) is 0 Å². The molecule has 0 spiro atoms. The Balaban J connectivity index is 0.835. The van der Waals surface area contributed by atoms with Gasteiger partial charge in [-0.3, -0.25) is 0 Å². The lowest BCUT2D eigenvalue weighted by atomic mass is 9.97. The number of benzene rings is 13. The third-order valence-electron chi connectivity index (χ3n) is 17.2. The van der Waals surface area contributed by atoms with Crippen molar-refractivity contribution in [3.63, 3.8) is 0 Å². The molecule has 5 aromatic heterocycles. The van der Waals surface area contributed by atoms with Crippen molar-refractivity contribution >= 4 is 125 Å². The minimum absolute atomic E-state index is 1.16. The molecule has 0 aliphatic carbocycles. The lowest BCUT2D eigenvalue weighted by Crippen LogP contribution is -1.93. The molecule has 4 heteroatoms. The van der Waals surface area contributed by atoms with E-state index >= 15 is 0 Å². The third kappa shape index (κ3) is 5.72. The molecule has 360 valence electrons. The molecule has 18 aromatic rings. The van der Waals surface area contributed by atoms with Gasteiger partial charge in [0.05, 0.1) is 49.7 Å². The third-order valence-corrected chi connectivity index (χ3v) is 17.2. The van der Waals surface area contributed by atoms with Gasteiger partial charge in [-0.15, -0.1) is 0 Å². The van der Waals surface area contributed by atoms with Gasteiger partial charge in [0.2, 0.25) is 0 Å². The maximum Gasteiger partial charge on any atom is 0.0628 e. The van der Waals surface area contributed by atoms with Crippen LogP contribution in [0.25, 0.3) is 164 Å². The highest BCUT2D eigenvalue weighted by atomic mass is 15.0. The highest BCUT2D eigenvalue weighted by Crippen LogP contribution is 2.49. The molecule has 5 heterocycles. The monoisotopic (exact) mass is 988 g/mol. The van der Waals surface area contributed by atoms with Crippen molar-refractivity contribution in [3.8, 4) is 39.3 Å². The van der Waals surface area contributed by atoms with Crippen molar-refractivity contribution in [3.05, 3.63) is 267 Å². The zero-order valence-electron chi connectivity index (χ0n) is 42.2. The molecule has 0 atom stereocenters. The van der Waals surface area contributed by atoms with E-state index in [-0.39, 0.29) is 0 Å². The lowest BCUT2D eigenvalue weighted by molar-refractivity contribution is 1.18. The maximum absolute atomic E-state index is 2.59. The van der Waals surface area contributed by atoms with E-state index in [1.54, 1.807) is 0 Å². The Bertz CT molecular complexity index is 5430. The number of aromatic nitrogens is 4. The Hall–Kier alpha value is -10.4. The Labute approximate surface area is 447 Å². The highest BCUT2D eigenvalue weighted by Gasteiger charge is 2.25. The zero-order chi connectivity index (χ0) is 50.7. The molecule has 0 N–H and O–H groups in total. The number of hydrogen-bond donors (Lipinski definition) is 0. The molecule has 0 radical (unpaired) electrons. The fraction of sp³-hybridized carbons (Fsp3) is 0. The molecular formula is C74H44N4. The minimum Gasteiger partial charge on any atom is -0.309 e. The zero-order valence-corrected chi connectivity index (χ0v) is 42.2. The Morgan fingerprint density at radius 2 is 0.577 bits per heavy atom. The molecule has 18 rings (SSSR count). The molecule has 0 unspecified atom stereocenters. The van der Waals surface area contributed by atoms with Gasteiger partial charge < -0.3 is 18.1 Å². The normalized spacial score (nSPS) is 12.4. The summed E-state index contributed by atoms with van der Waals surface area (Å²) in [6, 6.07) is 99.3. The van der Waals surface area contributed by atoms with Crippen LogP contribution in [-0.2, 0) is 0 Å². The van der Waals surface area contributed by atoms with Crippen molar-refractivity contribution in [1.29, 1.82) is 0 Å². The van der Waals surface area contributed by atoms with Crippen LogP contribution >= 0.6 is 0 Å². The SMILES string of the molecule is c1ccc(-n2c3ccccc3c3c4c5cc6ccc(-c7ccc(-n8c9ccccc9c9ccccc98)cc7)cc6cc5n5c6cc7cc(-c8ccc(-n9c%10ccccc%10c%10ccccc%109)cc8)ccc7cc6c(cc32)c45)cc1. The summed E-state index contributed by atoms with van der Waals surface area (Å²) in [7, 11) is 0. The largest absolute Gasteiger partial charge is 0.309 e. The first-order chi connectivity index (χ1) is 38.7. The molecular weight excluding hydrogens is 945 g/mol. The van der Waals surface area contributed by atoms with E-state index in [2.05, 4.69) is 285 Å². The van der Waals surface area contributed by atoms with Crippen molar-refractivity contribution in [2.24, 2.45) is 0 Å². The second-order valence-electron chi connectivity index (χ2n) is 21.3. The first-order valence-corrected chi connectivity index (χ1v) is 27.0. The van der Waals surface area contributed by atoms with Crippen LogP contribution in [0.1, 0.15) is 0 Å². The fourth-order valence-electron chi connectivity index (χ4n) is 13.8. The van der Waals surface area contributed by atoms with Gasteiger partial charge in [0.15, 0.2) is 0 Å². The summed E-state index contributed by atoms with van der Waals surface area (Å²) in [5.74, 6) is 0. The van der Waals surface area contributed by atoms with Crippen LogP contribution in [0, 0.1) is 0 Å². The van der Waals surface area contributed by atoms with E-state index in [0.717, 1.165) is 17.1 Å². The average molecular weight is 989 g/mol. The van der Waals surface area contributed by atoms with Crippen molar-refractivity contribution in [2.45, 2.75) is 0 Å². The van der Waals surface area contributed by atoms with Crippen LogP contribution in [0.15, 0.2) is 267 Å². The number of fused-ring (bicyclic) bond motifs is 18. The number of nitrogens with zero attached hydrogens (tertiary/aromatic N) is 4. The first-order valence-electron chi connectivity index (χ1n) is 27.0. The molecule has 0 aliphatic rings. The van der Waals surface area contributed by atoms with Gasteiger partial charge in [-0.2, -0.15) is 0 Å². The van der Waals surface area contributed by atoms with Crippen LogP contribution in [-0.4, -0.2) is 18.1 Å². The number of para-hydroxylation sites is 6. The summed E-state index contributed by atoms with van der Waals surface area (Å²) in [5.41, 5.74) is 19.3. The summed E-state index contributed by atoms with van der Waals surface area (Å²) in [4.78, 5) is 0. The smallest absolute Gasteiger partial charge is 0.0628 e. The van der Waals surface area contributed by atoms with Gasteiger partial charge in [-0.1, -0.05) is 158 Å². The fourth-order valence-corrected chi connectivity index (χ4v) is 13.8. The summed E-state index contributed by atoms with van der Waals surface area (Å²) >= 11 is 0. The Morgan fingerprint density at radius 3 is 1.08 bits per heavy atom. The molecule has 0 aliphatic heterocycles. The predicted octanol–water partition coefficient (Wildman–Crippen LogP) is 19.8. The van der Waals surface area contributed by atoms with Gasteiger partial charge in [-0.25, -0.2) is 0 Å². The van der Waals surface area contributed by atoms with E-state index in [0.29, 0.717) is 0 Å². The van der Waals surface area contributed by atoms with Crippen LogP contribution in [0.4, 0.5) is 0 Å². The summed E-state index contributed by atoms with van der Waals surface area (Å²) in [5, 5.41) is 17.6. The molecule has 13 aromatic carbocycles. The minimum atomic E-state index is 1.16. The Kier molecular flexibility index (Phi) is 8.36. The molecule has 0 saturated heterocycles. The van der Waals surface area contributed by atoms with Gasteiger partial charge in [0.25, 0.3) is 0 Å². The maximum atomic E-state index is 2.59. The quantitative estimate of drug-likeness (QED) is 0.164. The second kappa shape index (κ2) is 15.6. The van der Waals surface area contributed by atoms with E-state index in [4.69, 9.17) is 0 Å². The van der Waals surface area contributed by atoms with Crippen molar-refractivity contribution in [1.82, 2.24) is 18.1 Å². The van der Waals surface area contributed by atoms with Crippen LogP contribution in [0.3, 0.4) is 0 Å². The summed E-state index contributed by atoms with van der Waals surface area (Å²) in [6.45, 7) is 0. The molecule has 0 saturated carbocycles. The molecule has 4 nitrogen and oxygen atoms in total. The first kappa shape index (κ1) is 41.9. The van der Waals surface area contributed by atoms with E-state index in [1.165, 1.54) is 147 Å². The van der Waals surface area contributed by atoms with E-state index in [1.807, 2.05) is 0 Å². The topological polar surface area (TPSA) is 19.2 Å².